The number of cyclic esters (lactones) is 1. The van der Waals surface area contributed by atoms with Crippen LogP contribution in [0.15, 0.2) is 42.0 Å². The van der Waals surface area contributed by atoms with Gasteiger partial charge < -0.3 is 9.47 Å². The van der Waals surface area contributed by atoms with E-state index in [1.54, 1.807) is 17.9 Å². The number of ether oxygens (including phenoxy) is 2. The van der Waals surface area contributed by atoms with Gasteiger partial charge in [-0.15, -0.1) is 0 Å². The van der Waals surface area contributed by atoms with Crippen LogP contribution in [0.25, 0.3) is 5.57 Å². The molecule has 0 unspecified atom stereocenters. The Labute approximate surface area is 247 Å². The Hall–Kier alpha value is -3.29. The van der Waals surface area contributed by atoms with Crippen LogP contribution < -0.4 is 0 Å². The Balaban J connectivity index is 1.69. The van der Waals surface area contributed by atoms with E-state index in [0.29, 0.717) is 24.1 Å². The first-order valence-electron chi connectivity index (χ1n) is 14.5. The Morgan fingerprint density at radius 1 is 1.12 bits per heavy atom. The van der Waals surface area contributed by atoms with Crippen molar-refractivity contribution in [3.8, 4) is 0 Å². The first-order chi connectivity index (χ1) is 19.4. The van der Waals surface area contributed by atoms with Crippen molar-refractivity contribution in [3.05, 3.63) is 75.4 Å². The van der Waals surface area contributed by atoms with Gasteiger partial charge in [0.2, 0.25) is 0 Å². The minimum Gasteiger partial charge on any atom is -0.469 e. The largest absolute Gasteiger partial charge is 0.469 e. The number of hydrogen-bond donors (Lipinski definition) is 0. The fourth-order valence-corrected chi connectivity index (χ4v) is 6.36. The highest BCUT2D eigenvalue weighted by molar-refractivity contribution is 5.77. The molecule has 1 amide bonds. The number of aryl methyl sites for hydroxylation is 2. The molecule has 2 atom stereocenters. The molecule has 0 N–H and O–H groups in total. The van der Waals surface area contributed by atoms with Crippen molar-refractivity contribution in [1.29, 1.82) is 0 Å². The number of benzene rings is 2. The molecular formula is C34H42F3NO4. The Morgan fingerprint density at radius 3 is 2.45 bits per heavy atom. The van der Waals surface area contributed by atoms with Crippen LogP contribution in [-0.2, 0) is 26.9 Å². The molecule has 42 heavy (non-hydrogen) atoms. The number of nitrogens with zero attached hydrogens (tertiary/aromatic N) is 1. The summed E-state index contributed by atoms with van der Waals surface area (Å²) in [5.74, 6) is -0.268. The molecule has 0 radical (unpaired) electrons. The van der Waals surface area contributed by atoms with Gasteiger partial charge in [-0.3, -0.25) is 9.69 Å². The summed E-state index contributed by atoms with van der Waals surface area (Å²) in [6, 6.07) is 9.66. The molecule has 2 aromatic carbocycles. The Bertz CT molecular complexity index is 1410. The number of alkyl halides is 3. The summed E-state index contributed by atoms with van der Waals surface area (Å²) in [6.07, 6.45) is -2.69. The number of hydrogen-bond acceptors (Lipinski definition) is 4. The number of carbonyl (C=O) groups is 2. The van der Waals surface area contributed by atoms with Gasteiger partial charge >= 0.3 is 18.2 Å². The third kappa shape index (κ3) is 6.68. The van der Waals surface area contributed by atoms with Crippen LogP contribution >= 0.6 is 0 Å². The minimum absolute atomic E-state index is 0.0294. The molecule has 1 fully saturated rings. The molecule has 1 heterocycles. The van der Waals surface area contributed by atoms with E-state index in [9.17, 15) is 22.8 Å². The monoisotopic (exact) mass is 585 g/mol. The molecule has 5 nitrogen and oxygen atoms in total. The van der Waals surface area contributed by atoms with Crippen LogP contribution in [0.5, 0.6) is 0 Å². The lowest BCUT2D eigenvalue weighted by molar-refractivity contribution is -0.150. The number of carbonyl (C=O) groups excluding carboxylic acids is 2. The van der Waals surface area contributed by atoms with Crippen LogP contribution in [0.2, 0.25) is 0 Å². The molecule has 2 aliphatic rings. The molecule has 1 aliphatic heterocycles. The second kappa shape index (κ2) is 11.4. The van der Waals surface area contributed by atoms with Crippen molar-refractivity contribution in [2.45, 2.75) is 92.5 Å². The maximum Gasteiger partial charge on any atom is 0.416 e. The summed E-state index contributed by atoms with van der Waals surface area (Å²) in [6.45, 7) is 14.0. The quantitative estimate of drug-likeness (QED) is 0.305. The van der Waals surface area contributed by atoms with Gasteiger partial charge in [0.15, 0.2) is 0 Å². The van der Waals surface area contributed by atoms with Crippen molar-refractivity contribution < 1.29 is 32.2 Å². The zero-order chi connectivity index (χ0) is 31.2. The molecule has 0 aromatic heterocycles. The third-order valence-corrected chi connectivity index (χ3v) is 8.69. The Morgan fingerprint density at radius 2 is 1.81 bits per heavy atom. The van der Waals surface area contributed by atoms with Crippen LogP contribution in [0.3, 0.4) is 0 Å². The summed E-state index contributed by atoms with van der Waals surface area (Å²) in [4.78, 5) is 27.2. The zero-order valence-electron chi connectivity index (χ0n) is 25.9. The first-order valence-corrected chi connectivity index (χ1v) is 14.5. The highest BCUT2D eigenvalue weighted by Gasteiger charge is 2.42. The van der Waals surface area contributed by atoms with Crippen LogP contribution in [0, 0.1) is 24.7 Å². The van der Waals surface area contributed by atoms with Crippen molar-refractivity contribution in [1.82, 2.24) is 4.90 Å². The SMILES string of the molecule is COC(=O)C(C)(C)Cc1ccc(C)c(C2=C(CN3C(=O)O[C@H](c4cc(C)cc(C(F)(F)F)c4)[C@@H]3C)CC(C)(C)CC2)c1. The van der Waals surface area contributed by atoms with Crippen LogP contribution in [0.4, 0.5) is 18.0 Å². The molecule has 2 aromatic rings. The third-order valence-electron chi connectivity index (χ3n) is 8.69. The number of rotatable bonds is 7. The number of halogens is 3. The molecule has 1 aliphatic carbocycles. The number of amides is 1. The molecule has 8 heteroatoms. The van der Waals surface area contributed by atoms with Crippen LogP contribution in [0.1, 0.15) is 93.4 Å². The fraction of sp³-hybridized carbons (Fsp3) is 0.529. The van der Waals surface area contributed by atoms with Gasteiger partial charge in [-0.05, 0) is 111 Å². The highest BCUT2D eigenvalue weighted by Crippen LogP contribution is 2.45. The molecule has 0 spiro atoms. The standard InChI is InChI=1S/C34H42F3NO4/c1-20-13-24(16-26(14-20)34(35,36)37)29-22(3)38(31(40)42-29)19-25-18-32(4,5)12-11-27(25)28-15-23(10-9-21(28)2)17-33(6,7)30(39)41-8/h9-10,13-16,22,29H,11-12,17-19H2,1-8H3/t22-,29-/m0/s1. The van der Waals surface area contributed by atoms with Gasteiger partial charge in [0.25, 0.3) is 0 Å². The van der Waals surface area contributed by atoms with Crippen molar-refractivity contribution in [2.75, 3.05) is 13.7 Å². The van der Waals surface area contributed by atoms with Crippen molar-refractivity contribution >= 4 is 17.6 Å². The smallest absolute Gasteiger partial charge is 0.416 e. The predicted molar refractivity (Wildman–Crippen MR) is 157 cm³/mol. The summed E-state index contributed by atoms with van der Waals surface area (Å²) in [5.41, 5.74) is 4.96. The molecular weight excluding hydrogens is 543 g/mol. The lowest BCUT2D eigenvalue weighted by Gasteiger charge is -2.36. The second-order valence-electron chi connectivity index (χ2n) is 13.4. The van der Waals surface area contributed by atoms with Gasteiger partial charge in [-0.1, -0.05) is 43.7 Å². The molecule has 4 rings (SSSR count). The van der Waals surface area contributed by atoms with Gasteiger partial charge in [-0.2, -0.15) is 13.2 Å². The fourth-order valence-electron chi connectivity index (χ4n) is 6.36. The van der Waals surface area contributed by atoms with E-state index >= 15 is 0 Å². The topological polar surface area (TPSA) is 55.8 Å². The highest BCUT2D eigenvalue weighted by atomic mass is 19.4. The summed E-state index contributed by atoms with van der Waals surface area (Å²) >= 11 is 0. The van der Waals surface area contributed by atoms with Gasteiger partial charge in [0.05, 0.1) is 24.1 Å². The van der Waals surface area contributed by atoms with E-state index in [-0.39, 0.29) is 11.4 Å². The maximum atomic E-state index is 13.5. The molecule has 0 bridgehead atoms. The van der Waals surface area contributed by atoms with Gasteiger partial charge in [0, 0.05) is 6.54 Å². The van der Waals surface area contributed by atoms with Crippen LogP contribution in [-0.4, -0.2) is 36.7 Å². The molecule has 1 saturated heterocycles. The van der Waals surface area contributed by atoms with Gasteiger partial charge in [-0.25, -0.2) is 4.79 Å². The molecule has 228 valence electrons. The molecule has 0 saturated carbocycles. The van der Waals surface area contributed by atoms with Crippen molar-refractivity contribution in [2.24, 2.45) is 10.8 Å². The summed E-state index contributed by atoms with van der Waals surface area (Å²) in [7, 11) is 1.40. The minimum atomic E-state index is -4.49. The van der Waals surface area contributed by atoms with E-state index in [1.807, 2.05) is 26.8 Å². The van der Waals surface area contributed by atoms with E-state index in [1.165, 1.54) is 12.7 Å². The van der Waals surface area contributed by atoms with Crippen molar-refractivity contribution in [3.63, 3.8) is 0 Å². The predicted octanol–water partition coefficient (Wildman–Crippen LogP) is 8.61. The average Bonchev–Trinajstić information content (AvgIpc) is 3.16. The summed E-state index contributed by atoms with van der Waals surface area (Å²) < 4.78 is 51.3. The average molecular weight is 586 g/mol. The van der Waals surface area contributed by atoms with E-state index in [4.69, 9.17) is 9.47 Å². The number of esters is 1. The van der Waals surface area contributed by atoms with E-state index in [2.05, 4.69) is 32.9 Å². The maximum absolute atomic E-state index is 13.5. The zero-order valence-corrected chi connectivity index (χ0v) is 25.9. The van der Waals surface area contributed by atoms with E-state index < -0.39 is 35.4 Å². The second-order valence-corrected chi connectivity index (χ2v) is 13.4. The summed E-state index contributed by atoms with van der Waals surface area (Å²) in [5, 5.41) is 0. The van der Waals surface area contributed by atoms with Gasteiger partial charge in [0.1, 0.15) is 6.10 Å². The lowest BCUT2D eigenvalue weighted by Crippen LogP contribution is -2.35. The normalized spacial score (nSPS) is 21.0. The Kier molecular flexibility index (Phi) is 8.60. The number of methoxy groups -OCH3 is 1. The van der Waals surface area contributed by atoms with E-state index in [0.717, 1.165) is 53.7 Å². The lowest BCUT2D eigenvalue weighted by atomic mass is 9.72. The first kappa shape index (κ1) is 31.6. The number of allylic oxidation sites excluding steroid dienone is 1.